The summed E-state index contributed by atoms with van der Waals surface area (Å²) in [6.07, 6.45) is 0.859. The Morgan fingerprint density at radius 3 is 2.40 bits per heavy atom. The third-order valence-corrected chi connectivity index (χ3v) is 3.05. The molecule has 0 heterocycles. The molecule has 1 N–H and O–H groups in total. The lowest BCUT2D eigenvalue weighted by molar-refractivity contribution is -0.136. The molecule has 7 heteroatoms. The van der Waals surface area contributed by atoms with Gasteiger partial charge in [-0.3, -0.25) is 9.59 Å². The van der Waals surface area contributed by atoms with Crippen LogP contribution in [0.1, 0.15) is 19.3 Å². The van der Waals surface area contributed by atoms with E-state index in [1.807, 2.05) is 0 Å². The fourth-order valence-corrected chi connectivity index (χ4v) is 1.83. The molecule has 0 spiro atoms. The van der Waals surface area contributed by atoms with Gasteiger partial charge < -0.3 is 10.0 Å². The zero-order valence-electron chi connectivity index (χ0n) is 10.4. The van der Waals surface area contributed by atoms with Crippen LogP contribution in [0, 0.1) is 23.4 Å². The molecule has 20 heavy (non-hydrogen) atoms. The predicted molar refractivity (Wildman–Crippen MR) is 63.6 cm³/mol. The maximum absolute atomic E-state index is 13.7. The van der Waals surface area contributed by atoms with E-state index in [-0.39, 0.29) is 12.5 Å². The number of hydrogen-bond donors (Lipinski definition) is 1. The van der Waals surface area contributed by atoms with Crippen LogP contribution in [0.3, 0.4) is 0 Å². The number of benzene rings is 1. The number of carboxylic acid groups (broad SMARTS) is 1. The quantitative estimate of drug-likeness (QED) is 0.846. The lowest BCUT2D eigenvalue weighted by Crippen LogP contribution is -2.35. The maximum atomic E-state index is 13.7. The van der Waals surface area contributed by atoms with E-state index in [1.54, 1.807) is 0 Å². The van der Waals surface area contributed by atoms with Crippen LogP contribution in [-0.4, -0.2) is 23.5 Å². The Kier molecular flexibility index (Phi) is 3.96. The first-order valence-electron chi connectivity index (χ1n) is 6.08. The fourth-order valence-electron chi connectivity index (χ4n) is 1.83. The second kappa shape index (κ2) is 5.52. The molecule has 1 saturated carbocycles. The Morgan fingerprint density at radius 2 is 1.85 bits per heavy atom. The monoisotopic (exact) mass is 287 g/mol. The van der Waals surface area contributed by atoms with Gasteiger partial charge in [-0.15, -0.1) is 0 Å². The van der Waals surface area contributed by atoms with Crippen molar-refractivity contribution < 1.29 is 27.9 Å². The van der Waals surface area contributed by atoms with Crippen LogP contribution in [-0.2, 0) is 9.59 Å². The number of amides is 1. The topological polar surface area (TPSA) is 57.6 Å². The lowest BCUT2D eigenvalue weighted by Gasteiger charge is -2.22. The maximum Gasteiger partial charge on any atom is 0.305 e. The van der Waals surface area contributed by atoms with Gasteiger partial charge in [0.2, 0.25) is 5.91 Å². The molecule has 0 aliphatic heterocycles. The SMILES string of the molecule is O=C(O)CCN(C(=O)C1CC1)c1ccc(F)c(F)c1F. The van der Waals surface area contributed by atoms with Gasteiger partial charge in [0, 0.05) is 12.5 Å². The minimum atomic E-state index is -1.67. The molecule has 0 unspecified atom stereocenters. The summed E-state index contributed by atoms with van der Waals surface area (Å²) in [5, 5.41) is 8.65. The molecule has 0 bridgehead atoms. The van der Waals surface area contributed by atoms with Gasteiger partial charge >= 0.3 is 5.97 Å². The van der Waals surface area contributed by atoms with Crippen LogP contribution < -0.4 is 4.90 Å². The molecular formula is C13H12F3NO3. The Morgan fingerprint density at radius 1 is 1.20 bits per heavy atom. The molecule has 1 amide bonds. The van der Waals surface area contributed by atoms with Crippen molar-refractivity contribution >= 4 is 17.6 Å². The molecule has 1 aliphatic rings. The van der Waals surface area contributed by atoms with Crippen molar-refractivity contribution in [1.82, 2.24) is 0 Å². The van der Waals surface area contributed by atoms with Crippen molar-refractivity contribution in [2.24, 2.45) is 5.92 Å². The molecule has 1 aliphatic carbocycles. The average molecular weight is 287 g/mol. The van der Waals surface area contributed by atoms with Crippen molar-refractivity contribution in [3.05, 3.63) is 29.6 Å². The molecule has 108 valence electrons. The van der Waals surface area contributed by atoms with Crippen molar-refractivity contribution in [1.29, 1.82) is 0 Å². The summed E-state index contributed by atoms with van der Waals surface area (Å²) in [6, 6.07) is 1.65. The second-order valence-electron chi connectivity index (χ2n) is 4.60. The number of carboxylic acids is 1. The Labute approximate surface area is 112 Å². The van der Waals surface area contributed by atoms with E-state index in [0.29, 0.717) is 18.9 Å². The van der Waals surface area contributed by atoms with Crippen LogP contribution >= 0.6 is 0 Å². The summed E-state index contributed by atoms with van der Waals surface area (Å²) >= 11 is 0. The number of hydrogen-bond acceptors (Lipinski definition) is 2. The van der Waals surface area contributed by atoms with Gasteiger partial charge in [0.25, 0.3) is 0 Å². The molecule has 0 radical (unpaired) electrons. The number of carbonyl (C=O) groups is 2. The number of aliphatic carboxylic acids is 1. The minimum Gasteiger partial charge on any atom is -0.481 e. The Bertz CT molecular complexity index is 558. The van der Waals surface area contributed by atoms with Crippen LogP contribution in [0.5, 0.6) is 0 Å². The first-order chi connectivity index (χ1) is 9.41. The van der Waals surface area contributed by atoms with Crippen LogP contribution in [0.2, 0.25) is 0 Å². The van der Waals surface area contributed by atoms with Gasteiger partial charge in [0.15, 0.2) is 17.5 Å². The highest BCUT2D eigenvalue weighted by atomic mass is 19.2. The summed E-state index contributed by atoms with van der Waals surface area (Å²) in [6.45, 7) is -0.285. The molecule has 0 saturated heterocycles. The largest absolute Gasteiger partial charge is 0.481 e. The smallest absolute Gasteiger partial charge is 0.305 e. The van der Waals surface area contributed by atoms with E-state index in [0.717, 1.165) is 11.0 Å². The predicted octanol–water partition coefficient (Wildman–Crippen LogP) is 2.32. The third-order valence-electron chi connectivity index (χ3n) is 3.05. The van der Waals surface area contributed by atoms with Crippen molar-refractivity contribution in [2.75, 3.05) is 11.4 Å². The van der Waals surface area contributed by atoms with Crippen LogP contribution in [0.15, 0.2) is 12.1 Å². The highest BCUT2D eigenvalue weighted by molar-refractivity contribution is 5.97. The van der Waals surface area contributed by atoms with Gasteiger partial charge in [-0.1, -0.05) is 0 Å². The number of rotatable bonds is 5. The normalized spacial score (nSPS) is 14.2. The summed E-state index contributed by atoms with van der Waals surface area (Å²) < 4.78 is 39.8. The molecule has 1 aromatic carbocycles. The number of halogens is 3. The number of nitrogens with zero attached hydrogens (tertiary/aromatic N) is 1. The van der Waals surface area contributed by atoms with E-state index in [1.165, 1.54) is 0 Å². The molecule has 0 aromatic heterocycles. The summed E-state index contributed by atoms with van der Waals surface area (Å²) in [5.74, 6) is -6.44. The highest BCUT2D eigenvalue weighted by Gasteiger charge is 2.35. The molecule has 1 aromatic rings. The first-order valence-corrected chi connectivity index (χ1v) is 6.08. The van der Waals surface area contributed by atoms with Gasteiger partial charge in [-0.2, -0.15) is 0 Å². The van der Waals surface area contributed by atoms with Gasteiger partial charge in [-0.25, -0.2) is 13.2 Å². The standard InChI is InChI=1S/C13H12F3NO3/c14-8-3-4-9(12(16)11(8)15)17(6-5-10(18)19)13(20)7-1-2-7/h3-4,7H,1-2,5-6H2,(H,18,19). The minimum absolute atomic E-state index is 0.285. The van der Waals surface area contributed by atoms with Gasteiger partial charge in [0.05, 0.1) is 12.1 Å². The number of anilines is 1. The average Bonchev–Trinajstić information content (AvgIpc) is 3.22. The number of carbonyl (C=O) groups excluding carboxylic acids is 1. The molecular weight excluding hydrogens is 275 g/mol. The zero-order chi connectivity index (χ0) is 14.9. The molecule has 0 atom stereocenters. The first kappa shape index (κ1) is 14.4. The van der Waals surface area contributed by atoms with E-state index < -0.39 is 41.4 Å². The van der Waals surface area contributed by atoms with Crippen molar-refractivity contribution in [3.63, 3.8) is 0 Å². The summed E-state index contributed by atoms with van der Waals surface area (Å²) in [4.78, 5) is 23.5. The van der Waals surface area contributed by atoms with Crippen molar-refractivity contribution in [2.45, 2.75) is 19.3 Å². The van der Waals surface area contributed by atoms with Crippen LogP contribution in [0.25, 0.3) is 0 Å². The third kappa shape index (κ3) is 2.92. The van der Waals surface area contributed by atoms with E-state index >= 15 is 0 Å². The van der Waals surface area contributed by atoms with E-state index in [9.17, 15) is 22.8 Å². The van der Waals surface area contributed by atoms with Gasteiger partial charge in [0.1, 0.15) is 0 Å². The lowest BCUT2D eigenvalue weighted by atomic mass is 10.2. The van der Waals surface area contributed by atoms with Crippen molar-refractivity contribution in [3.8, 4) is 0 Å². The summed E-state index contributed by atoms with van der Waals surface area (Å²) in [7, 11) is 0. The van der Waals surface area contributed by atoms with E-state index in [4.69, 9.17) is 5.11 Å². The summed E-state index contributed by atoms with van der Waals surface area (Å²) in [5.41, 5.74) is -0.429. The van der Waals surface area contributed by atoms with Gasteiger partial charge in [-0.05, 0) is 25.0 Å². The van der Waals surface area contributed by atoms with E-state index in [2.05, 4.69) is 0 Å². The Balaban J connectivity index is 2.32. The van der Waals surface area contributed by atoms with Crippen LogP contribution in [0.4, 0.5) is 18.9 Å². The second-order valence-corrected chi connectivity index (χ2v) is 4.60. The molecule has 1 fully saturated rings. The Hall–Kier alpha value is -2.05. The molecule has 4 nitrogen and oxygen atoms in total. The zero-order valence-corrected chi connectivity index (χ0v) is 10.4. The highest BCUT2D eigenvalue weighted by Crippen LogP contribution is 2.34. The fraction of sp³-hybridized carbons (Fsp3) is 0.385. The molecule has 2 rings (SSSR count).